The minimum absolute atomic E-state index is 0.800. The Morgan fingerprint density at radius 3 is 0.617 bits per heavy atom. The molecule has 0 fully saturated rings. The molecule has 4 heteroatoms. The van der Waals surface area contributed by atoms with Gasteiger partial charge in [-0.05, 0) is 53.5 Å². The van der Waals surface area contributed by atoms with Gasteiger partial charge in [0.15, 0.2) is 7.83 Å². The summed E-state index contributed by atoms with van der Waals surface area (Å²) in [6, 6.07) is 10.4. The van der Waals surface area contributed by atoms with Crippen molar-refractivity contribution in [3.63, 3.8) is 0 Å². The normalized spacial score (nSPS) is 13.3. The summed E-state index contributed by atoms with van der Waals surface area (Å²) in [4.78, 5) is 14.6. The van der Waals surface area contributed by atoms with Crippen molar-refractivity contribution in [2.75, 3.05) is 0 Å². The first kappa shape index (κ1) is 60.6. The van der Waals surface area contributed by atoms with Crippen LogP contribution >= 0.6 is 0 Å². The van der Waals surface area contributed by atoms with Crippen LogP contribution in [0.5, 0.6) is 0 Å². The highest BCUT2D eigenvalue weighted by molar-refractivity contribution is 7.68. The van der Waals surface area contributed by atoms with Crippen molar-refractivity contribution in [2.24, 2.45) is 41.4 Å². The van der Waals surface area contributed by atoms with E-state index < -0.39 is 22.5 Å². The highest BCUT2D eigenvalue weighted by Crippen LogP contribution is 2.50. The fourth-order valence-electron chi connectivity index (χ4n) is 11.5. The third-order valence-corrected chi connectivity index (χ3v) is 54.9. The van der Waals surface area contributed by atoms with Crippen LogP contribution in [0.4, 0.5) is 0 Å². The van der Waals surface area contributed by atoms with Crippen LogP contribution in [0.15, 0.2) is 0 Å². The summed E-state index contributed by atoms with van der Waals surface area (Å²) < 4.78 is 0. The molecule has 0 rings (SSSR count). The van der Waals surface area contributed by atoms with Crippen LogP contribution in [0.2, 0.25) is 42.3 Å². The Hall–Kier alpha value is 0.611. The minimum atomic E-state index is -2.54. The van der Waals surface area contributed by atoms with Crippen molar-refractivity contribution in [3.05, 3.63) is 0 Å². The van der Waals surface area contributed by atoms with E-state index in [-0.39, 0.29) is 0 Å². The van der Waals surface area contributed by atoms with Gasteiger partial charge in [-0.1, -0.05) is 307 Å². The molecule has 0 aliphatic rings. The third kappa shape index (κ3) is 29.2. The van der Waals surface area contributed by atoms with E-state index in [4.69, 9.17) is 0 Å². The summed E-state index contributed by atoms with van der Waals surface area (Å²) in [6.07, 6.45) is 39.5. The summed E-state index contributed by atoms with van der Waals surface area (Å²) in [5, 5.41) is 0. The molecule has 0 saturated heterocycles. The highest BCUT2D eigenvalue weighted by Gasteiger charge is 2.63. The van der Waals surface area contributed by atoms with Gasteiger partial charge in [-0.2, -0.15) is 0 Å². The van der Waals surface area contributed by atoms with Crippen LogP contribution in [0, 0.1) is 41.4 Å². The van der Waals surface area contributed by atoms with Crippen molar-refractivity contribution in [1.29, 1.82) is 0 Å². The molecule has 0 unspecified atom stereocenters. The average molecular weight is 894 g/mol. The lowest BCUT2D eigenvalue weighted by Gasteiger charge is -2.57. The predicted molar refractivity (Wildman–Crippen MR) is 286 cm³/mol. The maximum Gasteiger partial charge on any atom is 0.173 e. The topological polar surface area (TPSA) is 20.2 Å². The lowest BCUT2D eigenvalue weighted by molar-refractivity contribution is 0.503. The van der Waals surface area contributed by atoms with E-state index in [1.807, 2.05) is 0 Å². The van der Waals surface area contributed by atoms with Crippen LogP contribution in [0.3, 0.4) is 0 Å². The zero-order valence-corrected chi connectivity index (χ0v) is 47.7. The molecule has 0 atom stereocenters. The summed E-state index contributed by atoms with van der Waals surface area (Å²) in [5.74, 6) is 5.69. The van der Waals surface area contributed by atoms with Gasteiger partial charge in [0.25, 0.3) is 0 Å². The highest BCUT2D eigenvalue weighted by atomic mass is 29.6. The van der Waals surface area contributed by atoms with Gasteiger partial charge in [0, 0.05) is 7.59 Å². The minimum Gasteiger partial charge on any atom is -0.435 e. The average Bonchev–Trinajstić information content (AvgIpc) is 3.15. The van der Waals surface area contributed by atoms with Gasteiger partial charge in [-0.25, -0.2) is 0 Å². The quantitative estimate of drug-likeness (QED) is 0.0477. The van der Waals surface area contributed by atoms with Crippen LogP contribution in [-0.4, -0.2) is 27.3 Å². The van der Waals surface area contributed by atoms with Crippen LogP contribution in [0.25, 0.3) is 0 Å². The molecule has 0 heterocycles. The van der Waals surface area contributed by atoms with E-state index in [2.05, 4.69) is 96.9 Å². The molecule has 0 aliphatic heterocycles. The largest absolute Gasteiger partial charge is 0.435 e. The van der Waals surface area contributed by atoms with E-state index >= 15 is 0 Å². The molecule has 0 aromatic heterocycles. The third-order valence-electron chi connectivity index (χ3n) is 15.2. The first-order valence-electron chi connectivity index (χ1n) is 28.1. The smallest absolute Gasteiger partial charge is 0.173 e. The Kier molecular flexibility index (Phi) is 37.2. The number of unbranched alkanes of at least 4 members (excludes halogenated alkanes) is 14. The van der Waals surface area contributed by atoms with Crippen molar-refractivity contribution in [2.45, 2.75) is 319 Å². The molecule has 1 N–H and O–H groups in total. The van der Waals surface area contributed by atoms with Crippen molar-refractivity contribution in [1.82, 2.24) is 0 Å². The number of hydrogen-bond acceptors (Lipinski definition) is 1. The lowest BCUT2D eigenvalue weighted by atomic mass is 10.1. The Morgan fingerprint density at radius 1 is 0.233 bits per heavy atom. The van der Waals surface area contributed by atoms with Gasteiger partial charge in [0.2, 0.25) is 0 Å². The van der Waals surface area contributed by atoms with Crippen molar-refractivity contribution in [3.8, 4) is 0 Å². The second-order valence-electron chi connectivity index (χ2n) is 24.3. The molecule has 60 heavy (non-hydrogen) atoms. The Labute approximate surface area is 385 Å². The SMILES string of the molecule is CC(C)CCCCC[Si](O)(CCCCCC(C)C)[Si](CCCCCC(C)C)(CCCCCC(C)C)[Si](CCCCCC(C)C)(CCCCCC(C)C)CCCCCC(C)C. The second-order valence-corrected chi connectivity index (χ2v) is 47.9. The maximum absolute atomic E-state index is 14.6. The van der Waals surface area contributed by atoms with Gasteiger partial charge in [0.05, 0.1) is 7.11 Å². The zero-order chi connectivity index (χ0) is 45.3. The molecule has 1 nitrogen and oxygen atoms in total. The van der Waals surface area contributed by atoms with E-state index in [1.165, 1.54) is 204 Å². The molecule has 0 aromatic carbocycles. The second kappa shape index (κ2) is 36.8. The van der Waals surface area contributed by atoms with Gasteiger partial charge in [-0.3, -0.25) is 0 Å². The Balaban J connectivity index is 7.74. The molecule has 0 spiro atoms. The van der Waals surface area contributed by atoms with Gasteiger partial charge in [0.1, 0.15) is 0 Å². The summed E-state index contributed by atoms with van der Waals surface area (Å²) >= 11 is 0. The Morgan fingerprint density at radius 2 is 0.417 bits per heavy atom. The van der Waals surface area contributed by atoms with E-state index in [0.29, 0.717) is 0 Å². The fraction of sp³-hybridized carbons (Fsp3) is 1.00. The van der Waals surface area contributed by atoms with Crippen LogP contribution in [-0.2, 0) is 0 Å². The lowest BCUT2D eigenvalue weighted by Crippen LogP contribution is -2.77. The molecular formula is C56H120OSi3. The molecule has 0 aliphatic carbocycles. The monoisotopic (exact) mass is 893 g/mol. The summed E-state index contributed by atoms with van der Waals surface area (Å²) in [6.45, 7) is 34.1. The Bertz CT molecular complexity index is 842. The van der Waals surface area contributed by atoms with E-state index in [9.17, 15) is 4.80 Å². The van der Waals surface area contributed by atoms with Crippen LogP contribution < -0.4 is 0 Å². The molecule has 0 bridgehead atoms. The van der Waals surface area contributed by atoms with Crippen molar-refractivity contribution < 1.29 is 4.80 Å². The molecule has 0 amide bonds. The first-order valence-corrected chi connectivity index (χ1v) is 37.5. The number of rotatable bonds is 44. The molecular weight excluding hydrogens is 773 g/mol. The molecule has 0 radical (unpaired) electrons. The zero-order valence-electron chi connectivity index (χ0n) is 44.7. The van der Waals surface area contributed by atoms with Gasteiger partial charge >= 0.3 is 0 Å². The van der Waals surface area contributed by atoms with E-state index in [1.54, 1.807) is 18.1 Å². The first-order chi connectivity index (χ1) is 28.4. The van der Waals surface area contributed by atoms with E-state index in [0.717, 1.165) is 41.4 Å². The maximum atomic E-state index is 14.6. The standard InChI is InChI=1S/C56H120OSi3/c1-50(2)36-22-15-29-43-58(44-30-16-23-37-51(3)4,45-31-17-24-38-52(5)6)60(48-34-20-27-41-55(11)12,49-35-21-28-42-56(13)14)59(57,46-32-18-25-39-53(7)8)47-33-19-26-40-54(9)10/h50-57H,15-49H2,1-14H3. The molecule has 0 aromatic rings. The van der Waals surface area contributed by atoms with Crippen LogP contribution in [0.1, 0.15) is 277 Å². The number of hydrogen-bond donors (Lipinski definition) is 1. The molecule has 362 valence electrons. The summed E-state index contributed by atoms with van der Waals surface area (Å²) in [5.41, 5.74) is 0. The van der Waals surface area contributed by atoms with Gasteiger partial charge in [-0.15, -0.1) is 0 Å². The van der Waals surface area contributed by atoms with Crippen molar-refractivity contribution >= 4 is 22.5 Å². The fourth-order valence-corrected chi connectivity index (χ4v) is 59.7. The predicted octanol–water partition coefficient (Wildman–Crippen LogP) is 20.5. The van der Waals surface area contributed by atoms with Gasteiger partial charge < -0.3 is 4.80 Å². The molecule has 0 saturated carbocycles. The summed E-state index contributed by atoms with van der Waals surface area (Å²) in [7, 11) is -6.43.